The van der Waals surface area contributed by atoms with Crippen molar-refractivity contribution in [2.75, 3.05) is 0 Å². The Bertz CT molecular complexity index is 622. The standard InChI is InChI=1S/C25H34O/c1-3-5-7-8-10-12-22-13-15-24(16-14-22)21-26-25-19-17-23(18-20-25)11-9-6-4-2/h9,11,13-20H,3-8,10,12,21H2,1-2H3. The number of rotatable bonds is 12. The number of hydrogen-bond donors (Lipinski definition) is 0. The van der Waals surface area contributed by atoms with Gasteiger partial charge in [-0.25, -0.2) is 0 Å². The average molecular weight is 351 g/mol. The molecular weight excluding hydrogens is 316 g/mol. The number of aryl methyl sites for hydroxylation is 1. The van der Waals surface area contributed by atoms with Crippen LogP contribution in [0, 0.1) is 0 Å². The maximum absolute atomic E-state index is 5.91. The zero-order valence-electron chi connectivity index (χ0n) is 16.5. The molecule has 0 amide bonds. The molecule has 0 aromatic heterocycles. The summed E-state index contributed by atoms with van der Waals surface area (Å²) in [5.41, 5.74) is 3.90. The van der Waals surface area contributed by atoms with Crippen LogP contribution >= 0.6 is 0 Å². The van der Waals surface area contributed by atoms with Crippen molar-refractivity contribution in [1.29, 1.82) is 0 Å². The summed E-state index contributed by atoms with van der Waals surface area (Å²) in [4.78, 5) is 0. The fourth-order valence-corrected chi connectivity index (χ4v) is 2.96. The molecule has 0 radical (unpaired) electrons. The minimum atomic E-state index is 0.627. The normalized spacial score (nSPS) is 11.2. The molecule has 2 rings (SSSR count). The molecule has 0 fully saturated rings. The van der Waals surface area contributed by atoms with Crippen LogP contribution in [0.4, 0.5) is 0 Å². The Labute approximate surface area is 160 Å². The van der Waals surface area contributed by atoms with E-state index in [1.54, 1.807) is 0 Å². The minimum Gasteiger partial charge on any atom is -0.489 e. The lowest BCUT2D eigenvalue weighted by atomic mass is 10.0. The first kappa shape index (κ1) is 20.3. The minimum absolute atomic E-state index is 0.627. The van der Waals surface area contributed by atoms with Gasteiger partial charge in [-0.2, -0.15) is 0 Å². The maximum Gasteiger partial charge on any atom is 0.119 e. The third-order valence-corrected chi connectivity index (χ3v) is 4.64. The van der Waals surface area contributed by atoms with E-state index in [1.807, 2.05) is 0 Å². The Hall–Kier alpha value is -2.02. The maximum atomic E-state index is 5.91. The van der Waals surface area contributed by atoms with Gasteiger partial charge in [-0.15, -0.1) is 0 Å². The van der Waals surface area contributed by atoms with Crippen LogP contribution in [-0.2, 0) is 13.0 Å². The van der Waals surface area contributed by atoms with Gasteiger partial charge in [-0.1, -0.05) is 94.5 Å². The Balaban J connectivity index is 1.73. The zero-order valence-corrected chi connectivity index (χ0v) is 16.5. The van der Waals surface area contributed by atoms with Gasteiger partial charge in [-0.3, -0.25) is 0 Å². The molecule has 0 unspecified atom stereocenters. The second kappa shape index (κ2) is 12.4. The zero-order chi connectivity index (χ0) is 18.5. The Morgan fingerprint density at radius 2 is 1.42 bits per heavy atom. The molecule has 2 aromatic carbocycles. The van der Waals surface area contributed by atoms with E-state index in [2.05, 4.69) is 74.5 Å². The average Bonchev–Trinajstić information content (AvgIpc) is 2.68. The lowest BCUT2D eigenvalue weighted by Crippen LogP contribution is -1.96. The van der Waals surface area contributed by atoms with E-state index in [1.165, 1.54) is 61.6 Å². The number of allylic oxidation sites excluding steroid dienone is 1. The smallest absolute Gasteiger partial charge is 0.119 e. The third-order valence-electron chi connectivity index (χ3n) is 4.64. The molecule has 0 saturated heterocycles. The first-order chi connectivity index (χ1) is 12.8. The molecule has 26 heavy (non-hydrogen) atoms. The van der Waals surface area contributed by atoms with E-state index >= 15 is 0 Å². The molecule has 1 nitrogen and oxygen atoms in total. The van der Waals surface area contributed by atoms with Crippen molar-refractivity contribution in [3.63, 3.8) is 0 Å². The number of benzene rings is 2. The molecule has 0 aliphatic rings. The van der Waals surface area contributed by atoms with Crippen LogP contribution in [0.3, 0.4) is 0 Å². The van der Waals surface area contributed by atoms with Crippen molar-refractivity contribution in [3.05, 3.63) is 71.3 Å². The van der Waals surface area contributed by atoms with Crippen molar-refractivity contribution in [2.45, 2.75) is 71.8 Å². The lowest BCUT2D eigenvalue weighted by molar-refractivity contribution is 0.306. The van der Waals surface area contributed by atoms with E-state index in [9.17, 15) is 0 Å². The molecule has 140 valence electrons. The predicted octanol–water partition coefficient (Wildman–Crippen LogP) is 7.59. The summed E-state index contributed by atoms with van der Waals surface area (Å²) in [7, 11) is 0. The Kier molecular flexibility index (Phi) is 9.64. The number of unbranched alkanes of at least 4 members (excludes halogenated alkanes) is 5. The molecule has 0 aliphatic heterocycles. The van der Waals surface area contributed by atoms with Crippen LogP contribution in [-0.4, -0.2) is 0 Å². The molecule has 0 spiro atoms. The number of ether oxygens (including phenoxy) is 1. The van der Waals surface area contributed by atoms with E-state index < -0.39 is 0 Å². The molecule has 0 aliphatic carbocycles. The van der Waals surface area contributed by atoms with Crippen molar-refractivity contribution >= 4 is 6.08 Å². The highest BCUT2D eigenvalue weighted by atomic mass is 16.5. The van der Waals surface area contributed by atoms with E-state index in [4.69, 9.17) is 4.74 Å². The summed E-state index contributed by atoms with van der Waals surface area (Å²) in [6.07, 6.45) is 14.6. The van der Waals surface area contributed by atoms with Crippen LogP contribution in [0.5, 0.6) is 5.75 Å². The molecule has 0 N–H and O–H groups in total. The van der Waals surface area contributed by atoms with Crippen molar-refractivity contribution in [2.24, 2.45) is 0 Å². The summed E-state index contributed by atoms with van der Waals surface area (Å²) < 4.78 is 5.91. The molecule has 2 aromatic rings. The molecular formula is C25H34O. The predicted molar refractivity (Wildman–Crippen MR) is 114 cm³/mol. The summed E-state index contributed by atoms with van der Waals surface area (Å²) in [5, 5.41) is 0. The SMILES string of the molecule is CCCC=Cc1ccc(OCc2ccc(CCCCCCC)cc2)cc1. The van der Waals surface area contributed by atoms with Crippen molar-refractivity contribution in [1.82, 2.24) is 0 Å². The topological polar surface area (TPSA) is 9.23 Å². The van der Waals surface area contributed by atoms with Crippen LogP contribution in [0.2, 0.25) is 0 Å². The van der Waals surface area contributed by atoms with E-state index in [0.29, 0.717) is 6.61 Å². The quantitative estimate of drug-likeness (QED) is 0.358. The van der Waals surface area contributed by atoms with Gasteiger partial charge < -0.3 is 4.74 Å². The lowest BCUT2D eigenvalue weighted by Gasteiger charge is -2.08. The highest BCUT2D eigenvalue weighted by Gasteiger charge is 1.98. The van der Waals surface area contributed by atoms with Crippen molar-refractivity contribution < 1.29 is 4.74 Å². The third kappa shape index (κ3) is 7.91. The fraction of sp³-hybridized carbons (Fsp3) is 0.440. The fourth-order valence-electron chi connectivity index (χ4n) is 2.96. The molecule has 0 atom stereocenters. The van der Waals surface area contributed by atoms with Crippen LogP contribution in [0.1, 0.15) is 75.5 Å². The summed E-state index contributed by atoms with van der Waals surface area (Å²) in [6.45, 7) is 5.09. The van der Waals surface area contributed by atoms with Gasteiger partial charge in [0.1, 0.15) is 12.4 Å². The molecule has 1 heteroatoms. The van der Waals surface area contributed by atoms with Gasteiger partial charge in [0.15, 0.2) is 0 Å². The Morgan fingerprint density at radius 1 is 0.731 bits per heavy atom. The van der Waals surface area contributed by atoms with E-state index in [0.717, 1.165) is 12.2 Å². The first-order valence-corrected chi connectivity index (χ1v) is 10.3. The second-order valence-electron chi connectivity index (χ2n) is 7.03. The van der Waals surface area contributed by atoms with Crippen LogP contribution < -0.4 is 4.74 Å². The molecule has 0 saturated carbocycles. The highest BCUT2D eigenvalue weighted by molar-refractivity contribution is 5.50. The van der Waals surface area contributed by atoms with Gasteiger partial charge in [0.25, 0.3) is 0 Å². The summed E-state index contributed by atoms with van der Waals surface area (Å²) >= 11 is 0. The van der Waals surface area contributed by atoms with Crippen LogP contribution in [0.25, 0.3) is 6.08 Å². The summed E-state index contributed by atoms with van der Waals surface area (Å²) in [5.74, 6) is 0.928. The largest absolute Gasteiger partial charge is 0.489 e. The van der Waals surface area contributed by atoms with Gasteiger partial charge in [-0.05, 0) is 48.1 Å². The second-order valence-corrected chi connectivity index (χ2v) is 7.03. The molecule has 0 heterocycles. The first-order valence-electron chi connectivity index (χ1n) is 10.3. The van der Waals surface area contributed by atoms with Crippen molar-refractivity contribution in [3.8, 4) is 5.75 Å². The highest BCUT2D eigenvalue weighted by Crippen LogP contribution is 2.16. The van der Waals surface area contributed by atoms with Crippen LogP contribution in [0.15, 0.2) is 54.6 Å². The van der Waals surface area contributed by atoms with Gasteiger partial charge in [0.05, 0.1) is 0 Å². The number of hydrogen-bond acceptors (Lipinski definition) is 1. The van der Waals surface area contributed by atoms with Gasteiger partial charge >= 0.3 is 0 Å². The van der Waals surface area contributed by atoms with E-state index in [-0.39, 0.29) is 0 Å². The van der Waals surface area contributed by atoms with Gasteiger partial charge in [0, 0.05) is 0 Å². The molecule has 0 bridgehead atoms. The summed E-state index contributed by atoms with van der Waals surface area (Å²) in [6, 6.07) is 17.2. The van der Waals surface area contributed by atoms with Gasteiger partial charge in [0.2, 0.25) is 0 Å². The Morgan fingerprint density at radius 3 is 2.12 bits per heavy atom. The monoisotopic (exact) mass is 350 g/mol.